The zero-order valence-corrected chi connectivity index (χ0v) is 15.2. The number of nitrogens with zero attached hydrogens (tertiary/aromatic N) is 2. The average Bonchev–Trinajstić information content (AvgIpc) is 3.07. The number of halogens is 1. The first-order valence-electron chi connectivity index (χ1n) is 8.92. The number of hydrogen-bond donors (Lipinski definition) is 0. The van der Waals surface area contributed by atoms with E-state index in [2.05, 4.69) is 23.2 Å². The van der Waals surface area contributed by atoms with Crippen LogP contribution in [0, 0.1) is 0 Å². The summed E-state index contributed by atoms with van der Waals surface area (Å²) in [7, 11) is 0. The molecule has 2 heterocycles. The van der Waals surface area contributed by atoms with E-state index in [1.807, 2.05) is 12.3 Å². The smallest absolute Gasteiger partial charge is 0.262 e. The van der Waals surface area contributed by atoms with Gasteiger partial charge in [-0.2, -0.15) is 0 Å². The second-order valence-corrected chi connectivity index (χ2v) is 7.41. The number of hydrogen-bond acceptors (Lipinski definition) is 3. The van der Waals surface area contributed by atoms with Gasteiger partial charge in [0.05, 0.1) is 11.9 Å². The molecule has 5 heteroatoms. The van der Waals surface area contributed by atoms with Crippen LogP contribution < -0.4 is 5.56 Å². The van der Waals surface area contributed by atoms with E-state index in [4.69, 9.17) is 0 Å². The van der Waals surface area contributed by atoms with Crippen LogP contribution in [0.25, 0.3) is 21.3 Å². The number of thiophene rings is 1. The molecular formula is C20H21FN2OS. The number of alkyl halides is 1. The number of rotatable bonds is 4. The quantitative estimate of drug-likeness (QED) is 0.688. The maximum Gasteiger partial charge on any atom is 0.262 e. The minimum atomic E-state index is -0.557. The molecule has 0 aliphatic heterocycles. The molecule has 0 bridgehead atoms. The maximum absolute atomic E-state index is 13.0. The molecule has 0 spiro atoms. The monoisotopic (exact) mass is 356 g/mol. The van der Waals surface area contributed by atoms with Gasteiger partial charge in [0.2, 0.25) is 0 Å². The van der Waals surface area contributed by atoms with Crippen molar-refractivity contribution < 1.29 is 4.39 Å². The lowest BCUT2D eigenvalue weighted by molar-refractivity contribution is 0.432. The molecule has 0 amide bonds. The second-order valence-electron chi connectivity index (χ2n) is 6.55. The Hall–Kier alpha value is -2.01. The highest BCUT2D eigenvalue weighted by Gasteiger charge is 2.17. The van der Waals surface area contributed by atoms with Gasteiger partial charge < -0.3 is 0 Å². The number of aromatic nitrogens is 2. The minimum absolute atomic E-state index is 0.0738. The lowest BCUT2D eigenvalue weighted by Crippen LogP contribution is -2.25. The molecule has 0 unspecified atom stereocenters. The Morgan fingerprint density at radius 3 is 2.80 bits per heavy atom. The van der Waals surface area contributed by atoms with Crippen molar-refractivity contribution >= 4 is 21.6 Å². The first kappa shape index (κ1) is 16.5. The van der Waals surface area contributed by atoms with Crippen molar-refractivity contribution in [2.75, 3.05) is 6.67 Å². The molecule has 25 heavy (non-hydrogen) atoms. The summed E-state index contributed by atoms with van der Waals surface area (Å²) in [6.45, 7) is 1.46. The molecule has 0 N–H and O–H groups in total. The summed E-state index contributed by atoms with van der Waals surface area (Å²) in [4.78, 5) is 18.4. The summed E-state index contributed by atoms with van der Waals surface area (Å²) in [5, 5.41) is 2.65. The van der Waals surface area contributed by atoms with Crippen LogP contribution in [-0.2, 0) is 25.8 Å². The van der Waals surface area contributed by atoms with Crippen LogP contribution in [0.5, 0.6) is 0 Å². The van der Waals surface area contributed by atoms with Gasteiger partial charge in [-0.1, -0.05) is 25.1 Å². The Morgan fingerprint density at radius 2 is 2.04 bits per heavy atom. The zero-order valence-electron chi connectivity index (χ0n) is 14.3. The van der Waals surface area contributed by atoms with Gasteiger partial charge in [-0.25, -0.2) is 9.37 Å². The highest BCUT2D eigenvalue weighted by molar-refractivity contribution is 7.17. The van der Waals surface area contributed by atoms with E-state index < -0.39 is 6.67 Å². The van der Waals surface area contributed by atoms with E-state index in [1.54, 1.807) is 0 Å². The van der Waals surface area contributed by atoms with Crippen molar-refractivity contribution in [3.63, 3.8) is 0 Å². The fourth-order valence-electron chi connectivity index (χ4n) is 3.76. The van der Waals surface area contributed by atoms with Crippen molar-refractivity contribution in [2.24, 2.45) is 0 Å². The largest absolute Gasteiger partial charge is 0.293 e. The second kappa shape index (κ2) is 6.71. The predicted molar refractivity (Wildman–Crippen MR) is 101 cm³/mol. The maximum atomic E-state index is 13.0. The van der Waals surface area contributed by atoms with Crippen molar-refractivity contribution in [1.29, 1.82) is 0 Å². The summed E-state index contributed by atoms with van der Waals surface area (Å²) in [5.74, 6) is 0.661. The van der Waals surface area contributed by atoms with E-state index in [0.29, 0.717) is 17.6 Å². The predicted octanol–water partition coefficient (Wildman–Crippen LogP) is 4.54. The van der Waals surface area contributed by atoms with Gasteiger partial charge in [0.1, 0.15) is 17.3 Å². The Balaban J connectivity index is 1.91. The molecule has 3 nitrogen and oxygen atoms in total. The molecule has 1 aromatic carbocycles. The fraction of sp³-hybridized carbons (Fsp3) is 0.400. The molecule has 1 aliphatic carbocycles. The third-order valence-corrected chi connectivity index (χ3v) is 5.93. The molecule has 0 atom stereocenters. The summed E-state index contributed by atoms with van der Waals surface area (Å²) in [5.41, 5.74) is 4.71. The Labute approximate surface area is 150 Å². The number of aryl methyl sites for hydroxylation is 3. The van der Waals surface area contributed by atoms with Gasteiger partial charge in [-0.15, -0.1) is 11.3 Å². The Bertz CT molecular complexity index is 989. The Morgan fingerprint density at radius 1 is 1.24 bits per heavy atom. The van der Waals surface area contributed by atoms with Gasteiger partial charge in [0.15, 0.2) is 0 Å². The van der Waals surface area contributed by atoms with Crippen LogP contribution >= 0.6 is 11.3 Å². The average molecular weight is 356 g/mol. The molecular weight excluding hydrogens is 335 g/mol. The van der Waals surface area contributed by atoms with Gasteiger partial charge >= 0.3 is 0 Å². The van der Waals surface area contributed by atoms with Crippen molar-refractivity contribution in [3.05, 3.63) is 50.9 Å². The fourth-order valence-corrected chi connectivity index (χ4v) is 4.72. The third-order valence-electron chi connectivity index (χ3n) is 5.06. The van der Waals surface area contributed by atoms with Crippen molar-refractivity contribution in [3.8, 4) is 11.1 Å². The van der Waals surface area contributed by atoms with E-state index in [0.717, 1.165) is 28.8 Å². The Kier molecular flexibility index (Phi) is 4.42. The van der Waals surface area contributed by atoms with E-state index in [-0.39, 0.29) is 12.1 Å². The van der Waals surface area contributed by atoms with Crippen molar-refractivity contribution in [2.45, 2.75) is 45.6 Å². The number of benzene rings is 1. The molecule has 3 aromatic rings. The molecule has 1 aliphatic rings. The summed E-state index contributed by atoms with van der Waals surface area (Å²) in [6.07, 6.45) is 5.36. The lowest BCUT2D eigenvalue weighted by Gasteiger charge is -2.16. The van der Waals surface area contributed by atoms with Crippen LogP contribution in [0.3, 0.4) is 0 Å². The van der Waals surface area contributed by atoms with Crippen LogP contribution in [0.1, 0.15) is 36.7 Å². The summed E-state index contributed by atoms with van der Waals surface area (Å²) >= 11 is 1.50. The van der Waals surface area contributed by atoms with Gasteiger partial charge in [-0.05, 0) is 42.4 Å². The SMILES string of the molecule is CCc1nc2scc(-c3ccc4c(c3)CCCC4)c2c(=O)n1CCF. The first-order chi connectivity index (χ1) is 12.2. The molecule has 4 rings (SSSR count). The highest BCUT2D eigenvalue weighted by Crippen LogP contribution is 2.33. The minimum Gasteiger partial charge on any atom is -0.293 e. The molecule has 0 fully saturated rings. The summed E-state index contributed by atoms with van der Waals surface area (Å²) in [6, 6.07) is 6.53. The van der Waals surface area contributed by atoms with Gasteiger partial charge in [-0.3, -0.25) is 9.36 Å². The molecule has 130 valence electrons. The topological polar surface area (TPSA) is 34.9 Å². The first-order valence-corrected chi connectivity index (χ1v) is 9.80. The molecule has 2 aromatic heterocycles. The standard InChI is InChI=1S/C20H21FN2OS/c1-2-17-22-19-18(20(24)23(17)10-9-21)16(12-25-19)15-8-7-13-5-3-4-6-14(13)11-15/h7-8,11-12H,2-6,9-10H2,1H3. The normalized spacial score (nSPS) is 14.0. The van der Waals surface area contributed by atoms with E-state index in [1.165, 1.54) is 39.9 Å². The van der Waals surface area contributed by atoms with Gasteiger partial charge in [0, 0.05) is 17.4 Å². The van der Waals surface area contributed by atoms with Gasteiger partial charge in [0.25, 0.3) is 5.56 Å². The summed E-state index contributed by atoms with van der Waals surface area (Å²) < 4.78 is 14.4. The van der Waals surface area contributed by atoms with Crippen LogP contribution in [0.15, 0.2) is 28.4 Å². The third kappa shape index (κ3) is 2.80. The molecule has 0 radical (unpaired) electrons. The molecule has 0 saturated carbocycles. The zero-order chi connectivity index (χ0) is 17.4. The highest BCUT2D eigenvalue weighted by atomic mass is 32.1. The van der Waals surface area contributed by atoms with E-state index in [9.17, 15) is 9.18 Å². The lowest BCUT2D eigenvalue weighted by atomic mass is 9.89. The van der Waals surface area contributed by atoms with Crippen molar-refractivity contribution in [1.82, 2.24) is 9.55 Å². The van der Waals surface area contributed by atoms with Crippen LogP contribution in [0.4, 0.5) is 4.39 Å². The van der Waals surface area contributed by atoms with E-state index >= 15 is 0 Å². The molecule has 0 saturated heterocycles. The van der Waals surface area contributed by atoms with Crippen LogP contribution in [-0.4, -0.2) is 16.2 Å². The number of fused-ring (bicyclic) bond motifs is 2. The van der Waals surface area contributed by atoms with Crippen LogP contribution in [0.2, 0.25) is 0 Å².